The fourth-order valence-corrected chi connectivity index (χ4v) is 2.23. The van der Waals surface area contributed by atoms with E-state index in [0.29, 0.717) is 5.56 Å². The highest BCUT2D eigenvalue weighted by Crippen LogP contribution is 2.39. The maximum Gasteiger partial charge on any atom is 0.417 e. The molecular weight excluding hydrogens is 277 g/mol. The van der Waals surface area contributed by atoms with Gasteiger partial charge in [0.15, 0.2) is 0 Å². The second-order valence-electron chi connectivity index (χ2n) is 5.36. The minimum Gasteiger partial charge on any atom is -0.388 e. The first-order valence-electron chi connectivity index (χ1n) is 6.75. The number of rotatable bonds is 3. The molecule has 1 unspecified atom stereocenters. The quantitative estimate of drug-likeness (QED) is 0.838. The molecule has 2 rings (SSSR count). The van der Waals surface area contributed by atoms with Gasteiger partial charge in [-0.15, -0.1) is 0 Å². The average molecular weight is 294 g/mol. The Labute approximate surface area is 122 Å². The largest absolute Gasteiger partial charge is 0.417 e. The van der Waals surface area contributed by atoms with Crippen LogP contribution in [0.25, 0.3) is 11.1 Å². The van der Waals surface area contributed by atoms with Gasteiger partial charge in [0.25, 0.3) is 0 Å². The summed E-state index contributed by atoms with van der Waals surface area (Å²) in [6.45, 7) is 3.53. The molecule has 4 heteroatoms. The van der Waals surface area contributed by atoms with E-state index >= 15 is 0 Å². The van der Waals surface area contributed by atoms with Crippen molar-refractivity contribution >= 4 is 0 Å². The Balaban J connectivity index is 2.57. The molecule has 0 aliphatic carbocycles. The van der Waals surface area contributed by atoms with E-state index in [0.717, 1.165) is 6.07 Å². The Morgan fingerprint density at radius 2 is 1.57 bits per heavy atom. The van der Waals surface area contributed by atoms with Crippen molar-refractivity contribution in [1.82, 2.24) is 0 Å². The fraction of sp³-hybridized carbons (Fsp3) is 0.294. The maximum absolute atomic E-state index is 13.3. The van der Waals surface area contributed by atoms with Crippen LogP contribution < -0.4 is 0 Å². The van der Waals surface area contributed by atoms with Gasteiger partial charge in [-0.1, -0.05) is 56.3 Å². The Hall–Kier alpha value is -1.81. The van der Waals surface area contributed by atoms with Crippen LogP contribution in [-0.2, 0) is 6.18 Å². The number of hydrogen-bond acceptors (Lipinski definition) is 1. The lowest BCUT2D eigenvalue weighted by atomic mass is 9.92. The summed E-state index contributed by atoms with van der Waals surface area (Å²) in [7, 11) is 0. The zero-order chi connectivity index (χ0) is 15.6. The van der Waals surface area contributed by atoms with Crippen LogP contribution in [0.2, 0.25) is 0 Å². The van der Waals surface area contributed by atoms with E-state index in [4.69, 9.17) is 0 Å². The average Bonchev–Trinajstić information content (AvgIpc) is 2.45. The van der Waals surface area contributed by atoms with Gasteiger partial charge < -0.3 is 5.11 Å². The highest BCUT2D eigenvalue weighted by molar-refractivity contribution is 5.68. The molecule has 0 radical (unpaired) electrons. The molecule has 0 saturated heterocycles. The van der Waals surface area contributed by atoms with Gasteiger partial charge in [-0.25, -0.2) is 0 Å². The van der Waals surface area contributed by atoms with Crippen molar-refractivity contribution in [1.29, 1.82) is 0 Å². The highest BCUT2D eigenvalue weighted by atomic mass is 19.4. The maximum atomic E-state index is 13.3. The summed E-state index contributed by atoms with van der Waals surface area (Å²) in [5.74, 6) is -0.145. The summed E-state index contributed by atoms with van der Waals surface area (Å²) in [4.78, 5) is 0. The third kappa shape index (κ3) is 3.45. The lowest BCUT2D eigenvalue weighted by Gasteiger charge is -2.19. The molecule has 21 heavy (non-hydrogen) atoms. The van der Waals surface area contributed by atoms with E-state index in [9.17, 15) is 18.3 Å². The van der Waals surface area contributed by atoms with E-state index in [1.54, 1.807) is 50.2 Å². The molecule has 112 valence electrons. The van der Waals surface area contributed by atoms with Crippen molar-refractivity contribution in [3.05, 3.63) is 59.7 Å². The summed E-state index contributed by atoms with van der Waals surface area (Å²) in [6.07, 6.45) is -5.37. The van der Waals surface area contributed by atoms with Gasteiger partial charge in [-0.2, -0.15) is 13.2 Å². The monoisotopic (exact) mass is 294 g/mol. The fourth-order valence-electron chi connectivity index (χ4n) is 2.23. The lowest BCUT2D eigenvalue weighted by molar-refractivity contribution is -0.137. The van der Waals surface area contributed by atoms with Crippen molar-refractivity contribution in [3.63, 3.8) is 0 Å². The Bertz CT molecular complexity index is 603. The summed E-state index contributed by atoms with van der Waals surface area (Å²) < 4.78 is 39.9. The molecule has 0 amide bonds. The van der Waals surface area contributed by atoms with Crippen molar-refractivity contribution in [3.8, 4) is 11.1 Å². The van der Waals surface area contributed by atoms with Crippen molar-refractivity contribution in [2.45, 2.75) is 26.1 Å². The van der Waals surface area contributed by atoms with Crippen LogP contribution >= 0.6 is 0 Å². The van der Waals surface area contributed by atoms with Gasteiger partial charge in [0.1, 0.15) is 0 Å². The third-order valence-electron chi connectivity index (χ3n) is 3.41. The normalized spacial score (nSPS) is 13.5. The Morgan fingerprint density at radius 1 is 0.952 bits per heavy atom. The van der Waals surface area contributed by atoms with Gasteiger partial charge in [-0.05, 0) is 28.7 Å². The molecule has 1 N–H and O–H groups in total. The van der Waals surface area contributed by atoms with Gasteiger partial charge >= 0.3 is 6.18 Å². The number of hydrogen-bond donors (Lipinski definition) is 1. The molecule has 0 saturated carbocycles. The molecular formula is C17H17F3O. The smallest absolute Gasteiger partial charge is 0.388 e. The number of aliphatic hydroxyl groups excluding tert-OH is 1. The summed E-state index contributed by atoms with van der Waals surface area (Å²) in [5.41, 5.74) is 0.209. The molecule has 1 nitrogen and oxygen atoms in total. The topological polar surface area (TPSA) is 20.2 Å². The van der Waals surface area contributed by atoms with Crippen LogP contribution in [0, 0.1) is 5.92 Å². The minimum absolute atomic E-state index is 0.128. The number of aliphatic hydroxyl groups is 1. The van der Waals surface area contributed by atoms with Gasteiger partial charge in [0, 0.05) is 0 Å². The second-order valence-corrected chi connectivity index (χ2v) is 5.36. The van der Waals surface area contributed by atoms with Crippen molar-refractivity contribution in [2.24, 2.45) is 5.92 Å². The first-order valence-corrected chi connectivity index (χ1v) is 6.75. The third-order valence-corrected chi connectivity index (χ3v) is 3.41. The molecule has 0 aliphatic rings. The zero-order valence-electron chi connectivity index (χ0n) is 11.9. The molecule has 1 atom stereocenters. The van der Waals surface area contributed by atoms with E-state index < -0.39 is 17.8 Å². The van der Waals surface area contributed by atoms with Crippen molar-refractivity contribution in [2.75, 3.05) is 0 Å². The predicted octanol–water partition coefficient (Wildman–Crippen LogP) is 5.06. The molecule has 0 spiro atoms. The summed E-state index contributed by atoms with van der Waals surface area (Å²) in [5, 5.41) is 9.98. The van der Waals surface area contributed by atoms with Crippen LogP contribution in [0.4, 0.5) is 13.2 Å². The zero-order valence-corrected chi connectivity index (χ0v) is 11.9. The van der Waals surface area contributed by atoms with Crippen LogP contribution in [0.3, 0.4) is 0 Å². The Kier molecular flexibility index (Phi) is 4.37. The van der Waals surface area contributed by atoms with E-state index in [-0.39, 0.29) is 17.0 Å². The molecule has 0 bridgehead atoms. The lowest BCUT2D eigenvalue weighted by Crippen LogP contribution is -2.11. The number of benzene rings is 2. The van der Waals surface area contributed by atoms with Crippen LogP contribution in [0.1, 0.15) is 31.1 Å². The van der Waals surface area contributed by atoms with E-state index in [1.165, 1.54) is 6.07 Å². The summed E-state index contributed by atoms with van der Waals surface area (Å²) in [6, 6.07) is 12.5. The molecule has 0 fully saturated rings. The Morgan fingerprint density at radius 3 is 2.10 bits per heavy atom. The van der Waals surface area contributed by atoms with Gasteiger partial charge in [-0.3, -0.25) is 0 Å². The number of alkyl halides is 3. The molecule has 0 aliphatic heterocycles. The van der Waals surface area contributed by atoms with Crippen LogP contribution in [0.5, 0.6) is 0 Å². The first-order chi connectivity index (χ1) is 9.80. The molecule has 2 aromatic carbocycles. The second kappa shape index (κ2) is 5.90. The van der Waals surface area contributed by atoms with Gasteiger partial charge in [0.2, 0.25) is 0 Å². The minimum atomic E-state index is -4.46. The van der Waals surface area contributed by atoms with Crippen LogP contribution in [-0.4, -0.2) is 5.11 Å². The summed E-state index contributed by atoms with van der Waals surface area (Å²) >= 11 is 0. The van der Waals surface area contributed by atoms with Crippen LogP contribution in [0.15, 0.2) is 48.5 Å². The first kappa shape index (κ1) is 15.6. The molecule has 2 aromatic rings. The highest BCUT2D eigenvalue weighted by Gasteiger charge is 2.34. The van der Waals surface area contributed by atoms with Gasteiger partial charge in [0.05, 0.1) is 11.7 Å². The SMILES string of the molecule is CC(C)C(O)c1ccc(-c2ccccc2)c(C(F)(F)F)c1. The standard InChI is InChI=1S/C17H17F3O/c1-11(2)16(21)13-8-9-14(12-6-4-3-5-7-12)15(10-13)17(18,19)20/h3-11,16,21H,1-2H3. The van der Waals surface area contributed by atoms with Crippen molar-refractivity contribution < 1.29 is 18.3 Å². The molecule has 0 aromatic heterocycles. The molecule has 0 heterocycles. The van der Waals surface area contributed by atoms with E-state index in [1.807, 2.05) is 0 Å². The predicted molar refractivity (Wildman–Crippen MR) is 76.7 cm³/mol. The number of halogens is 3. The van der Waals surface area contributed by atoms with E-state index in [2.05, 4.69) is 0 Å².